The molecule has 0 bridgehead atoms. The maximum Gasteiger partial charge on any atom is 0.251 e. The topological polar surface area (TPSA) is 387 Å². The van der Waals surface area contributed by atoms with Crippen LogP contribution in [-0.4, -0.2) is 208 Å². The summed E-state index contributed by atoms with van der Waals surface area (Å²) in [5, 5.41) is 111. The molecule has 84 heavy (non-hydrogen) atoms. The number of rotatable bonds is 13. The molecule has 25 heteroatoms. The van der Waals surface area contributed by atoms with E-state index in [4.69, 9.17) is 9.47 Å². The Labute approximate surface area is 484 Å². The van der Waals surface area contributed by atoms with Crippen LogP contribution in [-0.2, 0) is 33.5 Å². The number of hydrogen-bond acceptors (Lipinski definition) is 18. The van der Waals surface area contributed by atoms with Gasteiger partial charge in [-0.25, -0.2) is 0 Å². The minimum atomic E-state index is -2.30. The van der Waals surface area contributed by atoms with Crippen molar-refractivity contribution in [1.82, 2.24) is 36.4 Å². The Morgan fingerprint density at radius 2 is 1.14 bits per heavy atom. The molecule has 0 aromatic heterocycles. The van der Waals surface area contributed by atoms with Crippen LogP contribution in [0.25, 0.3) is 22.3 Å². The molecule has 14 N–H and O–H groups in total. The Kier molecular flexibility index (Phi) is 20.9. The van der Waals surface area contributed by atoms with Crippen LogP contribution >= 0.6 is 0 Å². The van der Waals surface area contributed by atoms with Gasteiger partial charge in [-0.3, -0.25) is 33.6 Å². The highest BCUT2D eigenvalue weighted by molar-refractivity contribution is 6.00. The van der Waals surface area contributed by atoms with E-state index in [9.17, 15) is 79.5 Å². The molecule has 0 aliphatic carbocycles. The van der Waals surface area contributed by atoms with Gasteiger partial charge in [-0.05, 0) is 98.8 Å². The number of phenols is 1. The molecule has 4 aromatic carbocycles. The molecule has 15 atom stereocenters. The lowest BCUT2D eigenvalue weighted by atomic mass is 9.96. The number of benzene rings is 4. The van der Waals surface area contributed by atoms with Gasteiger partial charge >= 0.3 is 0 Å². The van der Waals surface area contributed by atoms with Crippen molar-refractivity contribution in [3.8, 4) is 33.8 Å². The fourth-order valence-electron chi connectivity index (χ4n) is 10.2. The van der Waals surface area contributed by atoms with Gasteiger partial charge in [0.1, 0.15) is 72.7 Å². The van der Waals surface area contributed by atoms with Crippen molar-refractivity contribution in [3.63, 3.8) is 0 Å². The average molecular weight is 1170 g/mol. The molecule has 3 fully saturated rings. The molecule has 7 rings (SSSR count). The Hall–Kier alpha value is -7.59. The second kappa shape index (κ2) is 27.4. The zero-order valence-corrected chi connectivity index (χ0v) is 47.2. The van der Waals surface area contributed by atoms with E-state index in [0.29, 0.717) is 24.5 Å². The zero-order chi connectivity index (χ0) is 61.5. The molecule has 25 nitrogen and oxygen atoms in total. The van der Waals surface area contributed by atoms with E-state index in [-0.39, 0.29) is 29.0 Å². The van der Waals surface area contributed by atoms with Crippen molar-refractivity contribution in [2.45, 2.75) is 145 Å². The molecule has 0 radical (unpaired) electrons. The SMILES string of the molecule is C[C@@H](O)[C@@H]1NC(=O)[C@H]([C@H](O)[C@@H](O)c2ccc(O)cc2)NC(=O)[C@@H]2C[C@@H](O)CN2C(=O)[C@H]([C@@H](C)O)NC(=O)[C@@H](NC(=O)c2ccc(-c3ccc(-c4ccc(OCCOC(C)(C)C)cc4)cc3)cc2)C[C@@H](O)[C@H](O)NC(=O)[C@@H]2[C@@H](O)[C@@H](C)CN2C1=O. The number of nitrogens with one attached hydrogen (secondary N) is 5. The third kappa shape index (κ3) is 15.6. The molecule has 0 saturated carbocycles. The van der Waals surface area contributed by atoms with Crippen LogP contribution < -0.4 is 31.3 Å². The number of aromatic hydroxyl groups is 1. The summed E-state index contributed by atoms with van der Waals surface area (Å²) in [4.78, 5) is 102. The molecule has 7 amide bonds. The van der Waals surface area contributed by atoms with Gasteiger partial charge in [-0.15, -0.1) is 0 Å². The third-order valence-corrected chi connectivity index (χ3v) is 14.9. The van der Waals surface area contributed by atoms with Gasteiger partial charge in [0, 0.05) is 37.4 Å². The van der Waals surface area contributed by atoms with Gasteiger partial charge in [0.25, 0.3) is 5.91 Å². The van der Waals surface area contributed by atoms with E-state index < -0.39 is 152 Å². The van der Waals surface area contributed by atoms with Gasteiger partial charge in [0.15, 0.2) is 6.23 Å². The Bertz CT molecular complexity index is 2960. The van der Waals surface area contributed by atoms with E-state index in [2.05, 4.69) is 26.6 Å². The minimum Gasteiger partial charge on any atom is -0.508 e. The lowest BCUT2D eigenvalue weighted by Crippen LogP contribution is -2.64. The largest absolute Gasteiger partial charge is 0.508 e. The average Bonchev–Trinajstić information content (AvgIpc) is 3.10. The summed E-state index contributed by atoms with van der Waals surface area (Å²) in [6.45, 7) is 9.42. The van der Waals surface area contributed by atoms with Crippen LogP contribution in [0.5, 0.6) is 11.5 Å². The molecule has 0 spiro atoms. The highest BCUT2D eigenvalue weighted by Gasteiger charge is 2.50. The molecule has 0 unspecified atom stereocenters. The van der Waals surface area contributed by atoms with E-state index in [1.165, 1.54) is 31.2 Å². The second-order valence-corrected chi connectivity index (χ2v) is 22.5. The van der Waals surface area contributed by atoms with Crippen molar-refractivity contribution < 1.29 is 89.0 Å². The number of ether oxygens (including phenoxy) is 2. The summed E-state index contributed by atoms with van der Waals surface area (Å²) in [5.41, 5.74) is 3.00. The van der Waals surface area contributed by atoms with Crippen LogP contribution in [0, 0.1) is 5.92 Å². The Morgan fingerprint density at radius 1 is 0.631 bits per heavy atom. The predicted octanol–water partition coefficient (Wildman–Crippen LogP) is -1.30. The molecule has 3 aliphatic rings. The first-order chi connectivity index (χ1) is 39.6. The van der Waals surface area contributed by atoms with Crippen LogP contribution in [0.3, 0.4) is 0 Å². The standard InChI is InChI=1S/C59H75N7O18/c1-29-27-66-47(48(29)72)56(80)64-54(78)43(71)26-41(60-51(75)37-13-11-34(12-14-37)32-7-9-33(10-8-32)35-17-21-40(22-18-35)83-23-24-84-59(4,5)6)52(76)61-44(30(2)67)57(81)65-28-39(70)25-42(65)53(77)63-46(55(79)62-45(31(3)68)58(66)82)50(74)49(73)36-15-19-38(69)20-16-36/h7-22,29-31,39,41-50,54,67-74,78H,23-28H2,1-6H3,(H,60,75)(H,61,76)(H,62,79)(H,63,77)(H,64,80)/t29-,30+,31+,39+,41-,42-,43+,44-,45-,46-,47-,48-,49-,50-,54-/m0/s1. The number of aliphatic hydroxyl groups excluding tert-OH is 8. The minimum absolute atomic E-state index is 0.000729. The predicted molar refractivity (Wildman–Crippen MR) is 300 cm³/mol. The molecule has 454 valence electrons. The number of hydrogen-bond donors (Lipinski definition) is 14. The van der Waals surface area contributed by atoms with Crippen molar-refractivity contribution >= 4 is 41.4 Å². The first kappa shape index (κ1) is 64.0. The van der Waals surface area contributed by atoms with Gasteiger partial charge < -0.3 is 91.8 Å². The maximum absolute atomic E-state index is 14.5. The number of carbonyl (C=O) groups is 7. The van der Waals surface area contributed by atoms with E-state index in [0.717, 1.165) is 52.5 Å². The van der Waals surface area contributed by atoms with Crippen LogP contribution in [0.2, 0.25) is 0 Å². The summed E-state index contributed by atoms with van der Waals surface area (Å²) in [7, 11) is 0. The molecule has 3 saturated heterocycles. The highest BCUT2D eigenvalue weighted by atomic mass is 16.5. The van der Waals surface area contributed by atoms with Crippen LogP contribution in [0.1, 0.15) is 76.4 Å². The van der Waals surface area contributed by atoms with Crippen LogP contribution in [0.4, 0.5) is 0 Å². The normalized spacial score (nSPS) is 27.4. The van der Waals surface area contributed by atoms with Gasteiger partial charge in [0.05, 0.1) is 36.6 Å². The smallest absolute Gasteiger partial charge is 0.251 e. The molecule has 4 aromatic rings. The lowest BCUT2D eigenvalue weighted by Gasteiger charge is -2.34. The second-order valence-electron chi connectivity index (χ2n) is 22.5. The summed E-state index contributed by atoms with van der Waals surface area (Å²) in [5.74, 6) is -8.80. The number of carbonyl (C=O) groups excluding carboxylic acids is 7. The van der Waals surface area contributed by atoms with E-state index in [1.807, 2.05) is 69.3 Å². The number of amides is 7. The monoisotopic (exact) mass is 1170 g/mol. The van der Waals surface area contributed by atoms with Crippen LogP contribution in [0.15, 0.2) is 97.1 Å². The fourth-order valence-corrected chi connectivity index (χ4v) is 10.2. The first-order valence-electron chi connectivity index (χ1n) is 27.6. The summed E-state index contributed by atoms with van der Waals surface area (Å²) in [6, 6.07) is 14.4. The fraction of sp³-hybridized carbons (Fsp3) is 0.475. The summed E-state index contributed by atoms with van der Waals surface area (Å²) < 4.78 is 11.5. The Morgan fingerprint density at radius 3 is 1.69 bits per heavy atom. The number of aliphatic hydroxyl groups is 8. The quantitative estimate of drug-likeness (QED) is 0.0692. The highest BCUT2D eigenvalue weighted by Crippen LogP contribution is 2.30. The van der Waals surface area contributed by atoms with E-state index >= 15 is 0 Å². The number of phenolic OH excluding ortho intramolecular Hbond substituents is 1. The van der Waals surface area contributed by atoms with Gasteiger partial charge in [0.2, 0.25) is 35.4 Å². The lowest BCUT2D eigenvalue weighted by molar-refractivity contribution is -0.148. The first-order valence-corrected chi connectivity index (χ1v) is 27.6. The molecule has 3 aliphatic heterocycles. The van der Waals surface area contributed by atoms with Crippen molar-refractivity contribution in [3.05, 3.63) is 108 Å². The Balaban J connectivity index is 1.16. The molecule has 3 heterocycles. The van der Waals surface area contributed by atoms with Gasteiger partial charge in [-0.2, -0.15) is 0 Å². The summed E-state index contributed by atoms with van der Waals surface area (Å²) in [6.07, 6.45) is -16.8. The van der Waals surface area contributed by atoms with Crippen molar-refractivity contribution in [2.24, 2.45) is 5.92 Å². The molecular weight excluding hydrogens is 1090 g/mol. The molecular formula is C59H75N7O18. The van der Waals surface area contributed by atoms with Crippen molar-refractivity contribution in [1.29, 1.82) is 0 Å². The third-order valence-electron chi connectivity index (χ3n) is 14.9. The van der Waals surface area contributed by atoms with Crippen molar-refractivity contribution in [2.75, 3.05) is 26.3 Å². The maximum atomic E-state index is 14.5. The summed E-state index contributed by atoms with van der Waals surface area (Å²) >= 11 is 0. The van der Waals surface area contributed by atoms with E-state index in [1.54, 1.807) is 12.1 Å². The number of nitrogens with zero attached hydrogens (tertiary/aromatic N) is 2. The zero-order valence-electron chi connectivity index (χ0n) is 47.2. The number of fused-ring (bicyclic) bond motifs is 2. The van der Waals surface area contributed by atoms with Gasteiger partial charge in [-0.1, -0.05) is 67.6 Å².